The molecule has 0 aliphatic carbocycles. The summed E-state index contributed by atoms with van der Waals surface area (Å²) in [4.78, 5) is 11.9. The van der Waals surface area contributed by atoms with Gasteiger partial charge in [0.1, 0.15) is 18.1 Å². The van der Waals surface area contributed by atoms with E-state index >= 15 is 0 Å². The van der Waals surface area contributed by atoms with Crippen molar-refractivity contribution >= 4 is 16.8 Å². The Bertz CT molecular complexity index is 875. The van der Waals surface area contributed by atoms with Crippen LogP contribution in [0.5, 0.6) is 11.5 Å². The molecule has 0 atom stereocenters. The van der Waals surface area contributed by atoms with Gasteiger partial charge in [-0.2, -0.15) is 0 Å². The molecule has 26 heavy (non-hydrogen) atoms. The molecule has 0 spiro atoms. The lowest BCUT2D eigenvalue weighted by Crippen LogP contribution is -2.37. The predicted molar refractivity (Wildman–Crippen MR) is 103 cm³/mol. The van der Waals surface area contributed by atoms with Crippen LogP contribution in [-0.2, 0) is 6.54 Å². The SMILES string of the molecule is COc1ccccc1CNC(=O)NCCOc1cccc2ccccc12. The molecule has 2 N–H and O–H groups in total. The van der Waals surface area contributed by atoms with Gasteiger partial charge in [-0.25, -0.2) is 4.79 Å². The van der Waals surface area contributed by atoms with Gasteiger partial charge in [0.2, 0.25) is 0 Å². The minimum absolute atomic E-state index is 0.238. The van der Waals surface area contributed by atoms with Crippen molar-refractivity contribution in [1.82, 2.24) is 10.6 Å². The van der Waals surface area contributed by atoms with E-state index in [1.54, 1.807) is 7.11 Å². The summed E-state index contributed by atoms with van der Waals surface area (Å²) in [6.45, 7) is 1.22. The molecule has 0 aliphatic rings. The summed E-state index contributed by atoms with van der Waals surface area (Å²) in [5, 5.41) is 7.81. The Balaban J connectivity index is 1.44. The molecule has 0 saturated heterocycles. The molecule has 5 nitrogen and oxygen atoms in total. The number of hydrogen-bond acceptors (Lipinski definition) is 3. The van der Waals surface area contributed by atoms with Gasteiger partial charge in [-0.15, -0.1) is 0 Å². The Morgan fingerprint density at radius 2 is 1.62 bits per heavy atom. The summed E-state index contributed by atoms with van der Waals surface area (Å²) < 4.78 is 11.1. The molecule has 0 heterocycles. The molecular formula is C21H22N2O3. The van der Waals surface area contributed by atoms with Gasteiger partial charge < -0.3 is 20.1 Å². The van der Waals surface area contributed by atoms with Gasteiger partial charge in [-0.3, -0.25) is 0 Å². The van der Waals surface area contributed by atoms with Gasteiger partial charge in [0.05, 0.1) is 13.7 Å². The average Bonchev–Trinajstić information content (AvgIpc) is 2.70. The van der Waals surface area contributed by atoms with Crippen LogP contribution in [0.2, 0.25) is 0 Å². The molecule has 0 bridgehead atoms. The Kier molecular flexibility index (Phi) is 5.93. The fourth-order valence-corrected chi connectivity index (χ4v) is 2.73. The maximum Gasteiger partial charge on any atom is 0.315 e. The number of ether oxygens (including phenoxy) is 2. The van der Waals surface area contributed by atoms with Crippen LogP contribution < -0.4 is 20.1 Å². The lowest BCUT2D eigenvalue weighted by atomic mass is 10.1. The van der Waals surface area contributed by atoms with Crippen molar-refractivity contribution in [2.24, 2.45) is 0 Å². The smallest absolute Gasteiger partial charge is 0.315 e. The van der Waals surface area contributed by atoms with Crippen molar-refractivity contribution in [3.05, 3.63) is 72.3 Å². The summed E-state index contributed by atoms with van der Waals surface area (Å²) in [5.74, 6) is 1.58. The lowest BCUT2D eigenvalue weighted by molar-refractivity contribution is 0.236. The molecule has 3 rings (SSSR count). The van der Waals surface area contributed by atoms with Crippen molar-refractivity contribution in [2.75, 3.05) is 20.3 Å². The molecule has 0 radical (unpaired) electrons. The number of methoxy groups -OCH3 is 1. The van der Waals surface area contributed by atoms with Gasteiger partial charge in [-0.05, 0) is 17.5 Å². The maximum atomic E-state index is 11.9. The van der Waals surface area contributed by atoms with Crippen LogP contribution >= 0.6 is 0 Å². The first-order chi connectivity index (χ1) is 12.8. The minimum atomic E-state index is -0.238. The Morgan fingerprint density at radius 3 is 2.50 bits per heavy atom. The molecule has 0 fully saturated rings. The quantitative estimate of drug-likeness (QED) is 0.639. The summed E-state index contributed by atoms with van der Waals surface area (Å²) in [5.41, 5.74) is 0.928. The van der Waals surface area contributed by atoms with E-state index in [-0.39, 0.29) is 6.03 Å². The van der Waals surface area contributed by atoms with Crippen molar-refractivity contribution in [3.63, 3.8) is 0 Å². The number of carbonyl (C=O) groups is 1. The normalized spacial score (nSPS) is 10.3. The van der Waals surface area contributed by atoms with Crippen LogP contribution in [0, 0.1) is 0 Å². The van der Waals surface area contributed by atoms with Crippen LogP contribution in [0.15, 0.2) is 66.7 Å². The van der Waals surface area contributed by atoms with Gasteiger partial charge >= 0.3 is 6.03 Å². The first-order valence-corrected chi connectivity index (χ1v) is 8.52. The van der Waals surface area contributed by atoms with Crippen molar-refractivity contribution in [3.8, 4) is 11.5 Å². The number of rotatable bonds is 7. The predicted octanol–water partition coefficient (Wildman–Crippen LogP) is 3.73. The molecule has 3 aromatic rings. The zero-order valence-corrected chi connectivity index (χ0v) is 14.7. The first-order valence-electron chi connectivity index (χ1n) is 8.52. The molecule has 3 aromatic carbocycles. The monoisotopic (exact) mass is 350 g/mol. The third-order valence-electron chi connectivity index (χ3n) is 4.03. The molecular weight excluding hydrogens is 328 g/mol. The second-order valence-corrected chi connectivity index (χ2v) is 5.75. The average molecular weight is 350 g/mol. The van der Waals surface area contributed by atoms with Crippen LogP contribution in [0.1, 0.15) is 5.56 Å². The minimum Gasteiger partial charge on any atom is -0.496 e. The third-order valence-corrected chi connectivity index (χ3v) is 4.03. The summed E-state index contributed by atoms with van der Waals surface area (Å²) >= 11 is 0. The number of urea groups is 1. The molecule has 5 heteroatoms. The number of fused-ring (bicyclic) bond motifs is 1. The highest BCUT2D eigenvalue weighted by Gasteiger charge is 2.05. The molecule has 134 valence electrons. The standard InChI is InChI=1S/C21H22N2O3/c1-25-19-11-5-3-8-17(19)15-23-21(24)22-13-14-26-20-12-6-9-16-7-2-4-10-18(16)20/h2-12H,13-15H2,1H3,(H2,22,23,24). The van der Waals surface area contributed by atoms with E-state index in [4.69, 9.17) is 9.47 Å². The van der Waals surface area contributed by atoms with Crippen molar-refractivity contribution in [1.29, 1.82) is 0 Å². The number of benzene rings is 3. The second kappa shape index (κ2) is 8.76. The molecule has 2 amide bonds. The summed E-state index contributed by atoms with van der Waals surface area (Å²) in [6, 6.07) is 21.4. The lowest BCUT2D eigenvalue weighted by Gasteiger charge is -2.12. The number of para-hydroxylation sites is 1. The summed E-state index contributed by atoms with van der Waals surface area (Å²) in [7, 11) is 1.61. The van der Waals surface area contributed by atoms with Crippen molar-refractivity contribution < 1.29 is 14.3 Å². The fourth-order valence-electron chi connectivity index (χ4n) is 2.73. The zero-order chi connectivity index (χ0) is 18.2. The zero-order valence-electron chi connectivity index (χ0n) is 14.7. The Morgan fingerprint density at radius 1 is 0.885 bits per heavy atom. The van der Waals surface area contributed by atoms with E-state index in [9.17, 15) is 4.79 Å². The van der Waals surface area contributed by atoms with E-state index in [0.717, 1.165) is 27.8 Å². The van der Waals surface area contributed by atoms with Crippen LogP contribution in [0.3, 0.4) is 0 Å². The second-order valence-electron chi connectivity index (χ2n) is 5.75. The molecule has 0 unspecified atom stereocenters. The van der Waals surface area contributed by atoms with E-state index < -0.39 is 0 Å². The van der Waals surface area contributed by atoms with Crippen LogP contribution in [-0.4, -0.2) is 26.3 Å². The van der Waals surface area contributed by atoms with Gasteiger partial charge in [0, 0.05) is 17.5 Å². The molecule has 0 saturated carbocycles. The van der Waals surface area contributed by atoms with Gasteiger partial charge in [-0.1, -0.05) is 54.6 Å². The topological polar surface area (TPSA) is 59.6 Å². The molecule has 0 aliphatic heterocycles. The van der Waals surface area contributed by atoms with Crippen molar-refractivity contribution in [2.45, 2.75) is 6.54 Å². The van der Waals surface area contributed by atoms with E-state index in [1.807, 2.05) is 66.7 Å². The maximum absolute atomic E-state index is 11.9. The molecule has 0 aromatic heterocycles. The Labute approximate surface area is 152 Å². The van der Waals surface area contributed by atoms with E-state index in [0.29, 0.717) is 19.7 Å². The van der Waals surface area contributed by atoms with E-state index in [1.165, 1.54) is 0 Å². The number of carbonyl (C=O) groups excluding carboxylic acids is 1. The number of hydrogen-bond donors (Lipinski definition) is 2. The first kappa shape index (κ1) is 17.6. The van der Waals surface area contributed by atoms with E-state index in [2.05, 4.69) is 10.6 Å². The van der Waals surface area contributed by atoms with Crippen LogP contribution in [0.25, 0.3) is 10.8 Å². The van der Waals surface area contributed by atoms with Gasteiger partial charge in [0.25, 0.3) is 0 Å². The fraction of sp³-hybridized carbons (Fsp3) is 0.190. The highest BCUT2D eigenvalue weighted by Crippen LogP contribution is 2.24. The third kappa shape index (κ3) is 4.45. The highest BCUT2D eigenvalue weighted by atomic mass is 16.5. The largest absolute Gasteiger partial charge is 0.496 e. The Hall–Kier alpha value is -3.21. The highest BCUT2D eigenvalue weighted by molar-refractivity contribution is 5.88. The van der Waals surface area contributed by atoms with Crippen LogP contribution in [0.4, 0.5) is 4.79 Å². The number of amides is 2. The van der Waals surface area contributed by atoms with Gasteiger partial charge in [0.15, 0.2) is 0 Å². The summed E-state index contributed by atoms with van der Waals surface area (Å²) in [6.07, 6.45) is 0. The number of nitrogens with one attached hydrogen (secondary N) is 2.